The van der Waals surface area contributed by atoms with Gasteiger partial charge in [-0.25, -0.2) is 9.59 Å². The van der Waals surface area contributed by atoms with E-state index in [9.17, 15) is 31.1 Å². The molecule has 0 aliphatic rings. The van der Waals surface area contributed by atoms with E-state index >= 15 is 0 Å². The zero-order valence-electron chi connectivity index (χ0n) is 14.5. The number of aliphatic carboxylic acids is 2. The highest BCUT2D eigenvalue weighted by atomic mass is 19.4. The van der Waals surface area contributed by atoms with Crippen molar-refractivity contribution in [2.24, 2.45) is 17.2 Å². The molecular formula is C13H20F6N4O5. The first-order valence-electron chi connectivity index (χ1n) is 7.14. The summed E-state index contributed by atoms with van der Waals surface area (Å²) in [4.78, 5) is 29.3. The maximum Gasteiger partial charge on any atom is 0.490 e. The fourth-order valence-electron chi connectivity index (χ4n) is 1.08. The number of carbonyl (C=O) groups is 3. The normalized spacial score (nSPS) is 14.0. The van der Waals surface area contributed by atoms with E-state index in [1.807, 2.05) is 0 Å². The smallest absolute Gasteiger partial charge is 0.475 e. The lowest BCUT2D eigenvalue weighted by atomic mass is 9.92. The molecule has 0 spiro atoms. The first-order chi connectivity index (χ1) is 12.3. The molecule has 0 heterocycles. The van der Waals surface area contributed by atoms with E-state index in [0.29, 0.717) is 13.0 Å². The minimum Gasteiger partial charge on any atom is -0.475 e. The van der Waals surface area contributed by atoms with Gasteiger partial charge in [0, 0.05) is 0 Å². The molecule has 0 rings (SSSR count). The zero-order valence-corrected chi connectivity index (χ0v) is 14.5. The quantitative estimate of drug-likeness (QED) is 0.297. The summed E-state index contributed by atoms with van der Waals surface area (Å²) in [7, 11) is 0. The summed E-state index contributed by atoms with van der Waals surface area (Å²) >= 11 is 0. The summed E-state index contributed by atoms with van der Waals surface area (Å²) in [6.45, 7) is 1.96. The van der Waals surface area contributed by atoms with Crippen molar-refractivity contribution in [3.63, 3.8) is 0 Å². The van der Waals surface area contributed by atoms with Crippen LogP contribution in [0.4, 0.5) is 26.3 Å². The second kappa shape index (κ2) is 12.9. The predicted octanol–water partition coefficient (Wildman–Crippen LogP) is 0.519. The van der Waals surface area contributed by atoms with Crippen molar-refractivity contribution in [2.75, 3.05) is 6.54 Å². The summed E-state index contributed by atoms with van der Waals surface area (Å²) in [5.74, 6) is -5.92. The minimum atomic E-state index is -5.08. The fourth-order valence-corrected chi connectivity index (χ4v) is 1.08. The van der Waals surface area contributed by atoms with E-state index in [-0.39, 0.29) is 0 Å². The fraction of sp³-hybridized carbons (Fsp3) is 0.692. The molecule has 2 atom stereocenters. The molecule has 0 aliphatic heterocycles. The second-order valence-electron chi connectivity index (χ2n) is 5.18. The number of carbonyl (C=O) groups excluding carboxylic acids is 1. The lowest BCUT2D eigenvalue weighted by molar-refractivity contribution is -0.193. The van der Waals surface area contributed by atoms with Crippen molar-refractivity contribution >= 4 is 17.7 Å². The van der Waals surface area contributed by atoms with Crippen LogP contribution >= 0.6 is 0 Å². The third kappa shape index (κ3) is 15.8. The maximum atomic E-state index is 11.5. The van der Waals surface area contributed by atoms with Gasteiger partial charge in [-0.3, -0.25) is 4.79 Å². The minimum absolute atomic E-state index is 0.406. The second-order valence-corrected chi connectivity index (χ2v) is 5.18. The number of hydrogen-bond donors (Lipinski definition) is 5. The Kier molecular flexibility index (Phi) is 13.9. The Morgan fingerprint density at radius 1 is 1.00 bits per heavy atom. The van der Waals surface area contributed by atoms with Gasteiger partial charge < -0.3 is 27.4 Å². The van der Waals surface area contributed by atoms with Crippen molar-refractivity contribution < 1.29 is 50.9 Å². The van der Waals surface area contributed by atoms with Gasteiger partial charge in [-0.1, -0.05) is 6.42 Å². The maximum absolute atomic E-state index is 11.5. The van der Waals surface area contributed by atoms with Crippen LogP contribution in [0.1, 0.15) is 26.2 Å². The summed E-state index contributed by atoms with van der Waals surface area (Å²) < 4.78 is 63.5. The van der Waals surface area contributed by atoms with Crippen LogP contribution in [0, 0.1) is 11.3 Å². The van der Waals surface area contributed by atoms with Crippen LogP contribution in [0.5, 0.6) is 0 Å². The van der Waals surface area contributed by atoms with E-state index in [2.05, 4.69) is 0 Å². The molecule has 9 nitrogen and oxygen atoms in total. The SMILES string of the molecule is CC(N)(C#N)C(=O)[C@@H](N)CCCCN.O=C(O)C(F)(F)F.O=C(O)C(F)(F)F. The number of carboxylic acid groups (broad SMARTS) is 2. The Hall–Kier alpha value is -2.44. The van der Waals surface area contributed by atoms with Crippen molar-refractivity contribution in [3.8, 4) is 6.07 Å². The Balaban J connectivity index is -0.000000375. The summed E-state index contributed by atoms with van der Waals surface area (Å²) in [6.07, 6.45) is -8.02. The molecule has 0 aliphatic carbocycles. The number of alkyl halides is 6. The Bertz CT molecular complexity index is 533. The van der Waals surface area contributed by atoms with Crippen LogP contribution in [0.25, 0.3) is 0 Å². The number of hydrogen-bond acceptors (Lipinski definition) is 7. The molecule has 164 valence electrons. The number of unbranched alkanes of at least 4 members (excludes halogenated alkanes) is 1. The number of ketones is 1. The number of carboxylic acids is 2. The van der Waals surface area contributed by atoms with Crippen LogP contribution in [-0.2, 0) is 14.4 Å². The molecule has 28 heavy (non-hydrogen) atoms. The average molecular weight is 426 g/mol. The number of halogens is 6. The van der Waals surface area contributed by atoms with Gasteiger partial charge in [-0.05, 0) is 26.3 Å². The van der Waals surface area contributed by atoms with Gasteiger partial charge in [0.15, 0.2) is 11.3 Å². The van der Waals surface area contributed by atoms with Gasteiger partial charge >= 0.3 is 24.3 Å². The lowest BCUT2D eigenvalue weighted by Crippen LogP contribution is -2.51. The van der Waals surface area contributed by atoms with Gasteiger partial charge in [0.25, 0.3) is 0 Å². The molecule has 8 N–H and O–H groups in total. The Morgan fingerprint density at radius 2 is 1.32 bits per heavy atom. The number of Topliss-reactive ketones (excluding diaryl/α,β-unsaturated/α-hetero) is 1. The number of nitriles is 1. The van der Waals surface area contributed by atoms with Crippen LogP contribution in [0.2, 0.25) is 0 Å². The van der Waals surface area contributed by atoms with Gasteiger partial charge in [-0.15, -0.1) is 0 Å². The van der Waals surface area contributed by atoms with Crippen LogP contribution in [0.3, 0.4) is 0 Å². The molecule has 1 unspecified atom stereocenters. The Labute approximate surface area is 155 Å². The van der Waals surface area contributed by atoms with E-state index in [1.165, 1.54) is 6.92 Å². The molecule has 0 amide bonds. The summed E-state index contributed by atoms with van der Waals surface area (Å²) in [6, 6.07) is 1.08. The zero-order chi connectivity index (χ0) is 23.3. The van der Waals surface area contributed by atoms with E-state index in [1.54, 1.807) is 6.07 Å². The average Bonchev–Trinajstić information content (AvgIpc) is 2.53. The number of nitrogens with zero attached hydrogens (tertiary/aromatic N) is 1. The van der Waals surface area contributed by atoms with Crippen molar-refractivity contribution in [2.45, 2.75) is 50.1 Å². The highest BCUT2D eigenvalue weighted by Gasteiger charge is 2.38. The van der Waals surface area contributed by atoms with Crippen molar-refractivity contribution in [1.82, 2.24) is 0 Å². The van der Waals surface area contributed by atoms with Gasteiger partial charge in [0.05, 0.1) is 12.1 Å². The number of nitrogens with two attached hydrogens (primary N) is 3. The largest absolute Gasteiger partial charge is 0.490 e. The molecule has 0 bridgehead atoms. The lowest BCUT2D eigenvalue weighted by Gasteiger charge is -2.18. The topological polar surface area (TPSA) is 194 Å². The molecule has 15 heteroatoms. The monoisotopic (exact) mass is 426 g/mol. The molecule has 0 radical (unpaired) electrons. The molecule has 0 aromatic carbocycles. The third-order valence-electron chi connectivity index (χ3n) is 2.54. The van der Waals surface area contributed by atoms with Crippen LogP contribution in [-0.4, -0.2) is 58.4 Å². The molecular weight excluding hydrogens is 406 g/mol. The van der Waals surface area contributed by atoms with Gasteiger partial charge in [0.2, 0.25) is 0 Å². The summed E-state index contributed by atoms with van der Waals surface area (Å²) in [5.41, 5.74) is 14.9. The molecule has 0 saturated heterocycles. The van der Waals surface area contributed by atoms with E-state index in [4.69, 9.17) is 42.3 Å². The molecule has 0 aromatic heterocycles. The summed E-state index contributed by atoms with van der Waals surface area (Å²) in [5, 5.41) is 22.9. The molecule has 0 fully saturated rings. The predicted molar refractivity (Wildman–Crippen MR) is 81.5 cm³/mol. The highest BCUT2D eigenvalue weighted by molar-refractivity contribution is 5.94. The highest BCUT2D eigenvalue weighted by Crippen LogP contribution is 2.13. The Morgan fingerprint density at radius 3 is 1.54 bits per heavy atom. The van der Waals surface area contributed by atoms with Gasteiger partial charge in [0.1, 0.15) is 0 Å². The molecule has 0 aromatic rings. The van der Waals surface area contributed by atoms with E-state index < -0.39 is 41.7 Å². The standard InChI is InChI=1S/C9H18N4O.2C2HF3O2/c1-9(13,6-11)8(14)7(12)4-2-3-5-10;2*3-2(4,5)1(6)7/h7H,2-5,10,12-13H2,1H3;2*(H,6,7)/t7-,9?;;/m0../s1. The first-order valence-corrected chi connectivity index (χ1v) is 7.14. The van der Waals surface area contributed by atoms with Crippen molar-refractivity contribution in [3.05, 3.63) is 0 Å². The van der Waals surface area contributed by atoms with E-state index in [0.717, 1.165) is 12.8 Å². The molecule has 0 saturated carbocycles. The van der Waals surface area contributed by atoms with Crippen molar-refractivity contribution in [1.29, 1.82) is 5.26 Å². The van der Waals surface area contributed by atoms with Crippen LogP contribution in [0.15, 0.2) is 0 Å². The number of rotatable bonds is 6. The first kappa shape index (κ1) is 30.3. The van der Waals surface area contributed by atoms with Gasteiger partial charge in [-0.2, -0.15) is 31.6 Å². The third-order valence-corrected chi connectivity index (χ3v) is 2.54. The van der Waals surface area contributed by atoms with Crippen LogP contribution < -0.4 is 17.2 Å².